The average molecular weight is 270 g/mol. The Hall–Kier alpha value is -2.49. The molecule has 4 heteroatoms. The summed E-state index contributed by atoms with van der Waals surface area (Å²) in [5, 5.41) is 2.83. The molecule has 0 aliphatic heterocycles. The van der Waals surface area contributed by atoms with Gasteiger partial charge in [-0.15, -0.1) is 0 Å². The first-order valence-corrected chi connectivity index (χ1v) is 6.45. The largest absolute Gasteiger partial charge is 0.481 e. The van der Waals surface area contributed by atoms with Gasteiger partial charge in [-0.1, -0.05) is 24.3 Å². The molecule has 0 unspecified atom stereocenters. The highest BCUT2D eigenvalue weighted by atomic mass is 16.5. The van der Waals surface area contributed by atoms with Crippen LogP contribution in [0.1, 0.15) is 12.5 Å². The van der Waals surface area contributed by atoms with Crippen LogP contribution in [-0.4, -0.2) is 12.0 Å². The third-order valence-corrected chi connectivity index (χ3v) is 3.06. The summed E-state index contributed by atoms with van der Waals surface area (Å²) in [5.41, 5.74) is 8.03. The Bertz CT molecular complexity index is 597. The zero-order valence-electron chi connectivity index (χ0n) is 11.6. The third kappa shape index (κ3) is 3.29. The van der Waals surface area contributed by atoms with Crippen LogP contribution in [-0.2, 0) is 4.79 Å². The van der Waals surface area contributed by atoms with Crippen molar-refractivity contribution in [2.24, 2.45) is 0 Å². The van der Waals surface area contributed by atoms with Crippen molar-refractivity contribution in [2.45, 2.75) is 20.0 Å². The number of para-hydroxylation sites is 1. The summed E-state index contributed by atoms with van der Waals surface area (Å²) >= 11 is 0. The minimum Gasteiger partial charge on any atom is -0.481 e. The van der Waals surface area contributed by atoms with E-state index in [2.05, 4.69) is 5.32 Å². The lowest BCUT2D eigenvalue weighted by atomic mass is 10.1. The second kappa shape index (κ2) is 6.10. The molecule has 2 aromatic rings. The Morgan fingerprint density at radius 1 is 1.15 bits per heavy atom. The van der Waals surface area contributed by atoms with Crippen LogP contribution in [0.3, 0.4) is 0 Å². The molecule has 20 heavy (non-hydrogen) atoms. The van der Waals surface area contributed by atoms with Gasteiger partial charge in [-0.05, 0) is 43.7 Å². The van der Waals surface area contributed by atoms with E-state index in [1.165, 1.54) is 0 Å². The van der Waals surface area contributed by atoms with Gasteiger partial charge in [-0.3, -0.25) is 4.79 Å². The summed E-state index contributed by atoms with van der Waals surface area (Å²) in [5.74, 6) is 0.460. The van der Waals surface area contributed by atoms with Crippen LogP contribution < -0.4 is 15.8 Å². The van der Waals surface area contributed by atoms with Crippen LogP contribution >= 0.6 is 0 Å². The molecule has 0 bridgehead atoms. The Kier molecular flexibility index (Phi) is 4.25. The SMILES string of the molecule is Cc1c(N)cccc1NC(=O)[C@H](C)Oc1ccccc1. The van der Waals surface area contributed by atoms with E-state index in [1.807, 2.05) is 43.3 Å². The topological polar surface area (TPSA) is 64.3 Å². The highest BCUT2D eigenvalue weighted by Crippen LogP contribution is 2.21. The molecule has 0 spiro atoms. The second-order valence-electron chi connectivity index (χ2n) is 4.58. The highest BCUT2D eigenvalue weighted by molar-refractivity contribution is 5.95. The van der Waals surface area contributed by atoms with Crippen molar-refractivity contribution in [1.82, 2.24) is 0 Å². The van der Waals surface area contributed by atoms with Gasteiger partial charge in [0.25, 0.3) is 5.91 Å². The first kappa shape index (κ1) is 13.9. The molecule has 1 atom stereocenters. The zero-order valence-corrected chi connectivity index (χ0v) is 11.6. The number of amides is 1. The van der Waals surface area contributed by atoms with E-state index in [0.717, 1.165) is 5.56 Å². The number of carbonyl (C=O) groups is 1. The molecule has 0 aliphatic rings. The maximum absolute atomic E-state index is 12.1. The number of carbonyl (C=O) groups excluding carboxylic acids is 1. The van der Waals surface area contributed by atoms with Crippen LogP contribution in [0.25, 0.3) is 0 Å². The van der Waals surface area contributed by atoms with Gasteiger partial charge in [0, 0.05) is 11.4 Å². The van der Waals surface area contributed by atoms with E-state index in [0.29, 0.717) is 17.1 Å². The van der Waals surface area contributed by atoms with Gasteiger partial charge < -0.3 is 15.8 Å². The summed E-state index contributed by atoms with van der Waals surface area (Å²) in [7, 11) is 0. The number of hydrogen-bond donors (Lipinski definition) is 2. The summed E-state index contributed by atoms with van der Waals surface area (Å²) in [6, 6.07) is 14.7. The standard InChI is InChI=1S/C16H18N2O2/c1-11-14(17)9-6-10-15(11)18-16(19)12(2)20-13-7-4-3-5-8-13/h3-10,12H,17H2,1-2H3,(H,18,19)/t12-/m0/s1. The molecule has 0 aliphatic carbocycles. The number of nitrogens with one attached hydrogen (secondary N) is 1. The predicted octanol–water partition coefficient (Wildman–Crippen LogP) is 2.98. The fourth-order valence-electron chi connectivity index (χ4n) is 1.78. The van der Waals surface area contributed by atoms with Gasteiger partial charge in [0.1, 0.15) is 5.75 Å². The fraction of sp³-hybridized carbons (Fsp3) is 0.188. The van der Waals surface area contributed by atoms with E-state index >= 15 is 0 Å². The molecule has 2 aromatic carbocycles. The predicted molar refractivity (Wildman–Crippen MR) is 80.8 cm³/mol. The number of rotatable bonds is 4. The first-order chi connectivity index (χ1) is 9.58. The summed E-state index contributed by atoms with van der Waals surface area (Å²) in [6.07, 6.45) is -0.585. The average Bonchev–Trinajstić information content (AvgIpc) is 2.45. The lowest BCUT2D eigenvalue weighted by Gasteiger charge is -2.16. The number of benzene rings is 2. The maximum atomic E-state index is 12.1. The smallest absolute Gasteiger partial charge is 0.265 e. The minimum atomic E-state index is -0.585. The van der Waals surface area contributed by atoms with Crippen LogP contribution in [0.5, 0.6) is 5.75 Å². The van der Waals surface area contributed by atoms with Gasteiger partial charge >= 0.3 is 0 Å². The van der Waals surface area contributed by atoms with Gasteiger partial charge in [0.2, 0.25) is 0 Å². The van der Waals surface area contributed by atoms with E-state index in [9.17, 15) is 4.79 Å². The molecule has 0 fully saturated rings. The summed E-state index contributed by atoms with van der Waals surface area (Å²) in [4.78, 5) is 12.1. The van der Waals surface area contributed by atoms with Crippen LogP contribution in [0.4, 0.5) is 11.4 Å². The Morgan fingerprint density at radius 3 is 2.55 bits per heavy atom. The van der Waals surface area contributed by atoms with Gasteiger partial charge in [-0.25, -0.2) is 0 Å². The number of nitrogen functional groups attached to an aromatic ring is 1. The van der Waals surface area contributed by atoms with Crippen LogP contribution in [0.2, 0.25) is 0 Å². The molecule has 1 amide bonds. The number of ether oxygens (including phenoxy) is 1. The van der Waals surface area contributed by atoms with Gasteiger partial charge in [0.15, 0.2) is 6.10 Å². The molecule has 2 rings (SSSR count). The molecular weight excluding hydrogens is 252 g/mol. The molecule has 0 saturated heterocycles. The Morgan fingerprint density at radius 2 is 1.85 bits per heavy atom. The number of hydrogen-bond acceptors (Lipinski definition) is 3. The van der Waals surface area contributed by atoms with Crippen molar-refractivity contribution >= 4 is 17.3 Å². The van der Waals surface area contributed by atoms with E-state index in [-0.39, 0.29) is 5.91 Å². The zero-order chi connectivity index (χ0) is 14.5. The van der Waals surface area contributed by atoms with Crippen molar-refractivity contribution in [1.29, 1.82) is 0 Å². The molecule has 0 heterocycles. The Labute approximate surface area is 118 Å². The lowest BCUT2D eigenvalue weighted by molar-refractivity contribution is -0.122. The van der Waals surface area contributed by atoms with E-state index < -0.39 is 6.10 Å². The number of anilines is 2. The monoisotopic (exact) mass is 270 g/mol. The van der Waals surface area contributed by atoms with Crippen molar-refractivity contribution in [2.75, 3.05) is 11.1 Å². The highest BCUT2D eigenvalue weighted by Gasteiger charge is 2.15. The van der Waals surface area contributed by atoms with Crippen LogP contribution in [0.15, 0.2) is 48.5 Å². The normalized spacial score (nSPS) is 11.7. The minimum absolute atomic E-state index is 0.206. The van der Waals surface area contributed by atoms with Crippen LogP contribution in [0, 0.1) is 6.92 Å². The summed E-state index contributed by atoms with van der Waals surface area (Å²) < 4.78 is 5.58. The molecule has 0 aromatic heterocycles. The molecule has 4 nitrogen and oxygen atoms in total. The summed E-state index contributed by atoms with van der Waals surface area (Å²) in [6.45, 7) is 3.58. The van der Waals surface area contributed by atoms with Crippen molar-refractivity contribution in [3.05, 3.63) is 54.1 Å². The molecule has 0 saturated carbocycles. The molecular formula is C16H18N2O2. The first-order valence-electron chi connectivity index (χ1n) is 6.45. The fourth-order valence-corrected chi connectivity index (χ4v) is 1.78. The Balaban J connectivity index is 2.03. The third-order valence-electron chi connectivity index (χ3n) is 3.06. The van der Waals surface area contributed by atoms with Crippen molar-refractivity contribution in [3.8, 4) is 5.75 Å². The van der Waals surface area contributed by atoms with Crippen molar-refractivity contribution < 1.29 is 9.53 Å². The van der Waals surface area contributed by atoms with Gasteiger partial charge in [0.05, 0.1) is 0 Å². The second-order valence-corrected chi connectivity index (χ2v) is 4.58. The van der Waals surface area contributed by atoms with E-state index in [1.54, 1.807) is 19.1 Å². The maximum Gasteiger partial charge on any atom is 0.265 e. The lowest BCUT2D eigenvalue weighted by Crippen LogP contribution is -2.30. The molecule has 104 valence electrons. The number of nitrogens with two attached hydrogens (primary N) is 1. The van der Waals surface area contributed by atoms with Gasteiger partial charge in [-0.2, -0.15) is 0 Å². The van der Waals surface area contributed by atoms with E-state index in [4.69, 9.17) is 10.5 Å². The van der Waals surface area contributed by atoms with Crippen molar-refractivity contribution in [3.63, 3.8) is 0 Å². The molecule has 3 N–H and O–H groups in total. The quantitative estimate of drug-likeness (QED) is 0.839. The molecule has 0 radical (unpaired) electrons.